The summed E-state index contributed by atoms with van der Waals surface area (Å²) in [5, 5.41) is 2.87. The predicted octanol–water partition coefficient (Wildman–Crippen LogP) is 3.64. The first-order valence-electron chi connectivity index (χ1n) is 9.70. The first-order chi connectivity index (χ1) is 13.4. The van der Waals surface area contributed by atoms with Crippen molar-refractivity contribution >= 4 is 21.6 Å². The number of aromatic nitrogens is 1. The van der Waals surface area contributed by atoms with Crippen molar-refractivity contribution in [3.8, 4) is 0 Å². The highest BCUT2D eigenvalue weighted by molar-refractivity contribution is 7.93. The van der Waals surface area contributed by atoms with Gasteiger partial charge >= 0.3 is 6.03 Å². The molecule has 4 rings (SSSR count). The fraction of sp³-hybridized carbons (Fsp3) is 0.429. The molecule has 6 nitrogen and oxygen atoms in total. The number of urea groups is 1. The lowest BCUT2D eigenvalue weighted by atomic mass is 9.91. The van der Waals surface area contributed by atoms with E-state index in [9.17, 15) is 13.2 Å². The number of anilines is 1. The third kappa shape index (κ3) is 3.28. The van der Waals surface area contributed by atoms with E-state index in [0.29, 0.717) is 23.7 Å². The number of amides is 2. The van der Waals surface area contributed by atoms with Crippen molar-refractivity contribution in [3.05, 3.63) is 54.4 Å². The van der Waals surface area contributed by atoms with Crippen LogP contribution in [0.5, 0.6) is 0 Å². The Morgan fingerprint density at radius 3 is 2.36 bits per heavy atom. The minimum absolute atomic E-state index is 0.0991. The molecule has 148 valence electrons. The van der Waals surface area contributed by atoms with Crippen LogP contribution in [0.1, 0.15) is 31.2 Å². The average molecular weight is 400 g/mol. The number of rotatable bonds is 4. The number of hydrogen-bond donors (Lipinski definition) is 1. The molecular weight excluding hydrogens is 374 g/mol. The number of hydrogen-bond acceptors (Lipinski definition) is 4. The van der Waals surface area contributed by atoms with Gasteiger partial charge in [-0.15, -0.1) is 0 Å². The molecule has 1 aliphatic carbocycles. The molecule has 1 saturated heterocycles. The Hall–Kier alpha value is -2.41. The van der Waals surface area contributed by atoms with E-state index in [1.807, 2.05) is 19.1 Å². The fourth-order valence-electron chi connectivity index (χ4n) is 4.34. The molecule has 2 heterocycles. The number of benzene rings is 1. The van der Waals surface area contributed by atoms with Crippen molar-refractivity contribution < 1.29 is 13.2 Å². The molecule has 28 heavy (non-hydrogen) atoms. The molecule has 2 fully saturated rings. The summed E-state index contributed by atoms with van der Waals surface area (Å²) in [4.78, 5) is 18.7. The van der Waals surface area contributed by atoms with Gasteiger partial charge in [0.2, 0.25) is 0 Å². The lowest BCUT2D eigenvalue weighted by Gasteiger charge is -2.36. The standard InChI is InChI=1S/C21H25N3O3S/c1-16-4-2-3-5-19(16)28(26,27)21(10-11-21)17-8-14-24(15-9-17)20(25)23-18-6-12-22-13-7-18/h2-7,12-13,17H,8-11,14-15H2,1H3,(H,22,23,25). The zero-order valence-electron chi connectivity index (χ0n) is 16.0. The van der Waals surface area contributed by atoms with E-state index >= 15 is 0 Å². The van der Waals surface area contributed by atoms with Crippen molar-refractivity contribution in [2.45, 2.75) is 42.2 Å². The number of likely N-dealkylation sites (tertiary alicyclic amines) is 1. The lowest BCUT2D eigenvalue weighted by molar-refractivity contribution is 0.179. The van der Waals surface area contributed by atoms with Crippen molar-refractivity contribution in [2.75, 3.05) is 18.4 Å². The van der Waals surface area contributed by atoms with Gasteiger partial charge in [-0.3, -0.25) is 4.98 Å². The van der Waals surface area contributed by atoms with Gasteiger partial charge in [0.15, 0.2) is 9.84 Å². The van der Waals surface area contributed by atoms with Crippen LogP contribution in [0.2, 0.25) is 0 Å². The third-order valence-electron chi connectivity index (χ3n) is 6.12. The molecule has 1 aliphatic heterocycles. The second kappa shape index (κ2) is 7.20. The summed E-state index contributed by atoms with van der Waals surface area (Å²) in [6.07, 6.45) is 6.14. The summed E-state index contributed by atoms with van der Waals surface area (Å²) < 4.78 is 26.1. The predicted molar refractivity (Wildman–Crippen MR) is 108 cm³/mol. The average Bonchev–Trinajstić information content (AvgIpc) is 3.52. The zero-order valence-corrected chi connectivity index (χ0v) is 16.8. The van der Waals surface area contributed by atoms with E-state index in [0.717, 1.165) is 31.2 Å². The number of piperidine rings is 1. The quantitative estimate of drug-likeness (QED) is 0.851. The molecule has 2 aliphatic rings. The summed E-state index contributed by atoms with van der Waals surface area (Å²) >= 11 is 0. The Kier molecular flexibility index (Phi) is 4.87. The van der Waals surface area contributed by atoms with Gasteiger partial charge in [0.25, 0.3) is 0 Å². The number of pyridine rings is 1. The van der Waals surface area contributed by atoms with Crippen molar-refractivity contribution in [3.63, 3.8) is 0 Å². The maximum atomic E-state index is 13.4. The molecule has 1 saturated carbocycles. The van der Waals surface area contributed by atoms with Crippen LogP contribution in [0.3, 0.4) is 0 Å². The molecular formula is C21H25N3O3S. The van der Waals surface area contributed by atoms with Crippen LogP contribution >= 0.6 is 0 Å². The lowest BCUT2D eigenvalue weighted by Crippen LogP contribution is -2.45. The Morgan fingerprint density at radius 2 is 1.75 bits per heavy atom. The van der Waals surface area contributed by atoms with E-state index in [4.69, 9.17) is 0 Å². The maximum Gasteiger partial charge on any atom is 0.321 e. The minimum atomic E-state index is -3.37. The van der Waals surface area contributed by atoms with Gasteiger partial charge in [0.1, 0.15) is 0 Å². The Bertz CT molecular complexity index is 963. The largest absolute Gasteiger partial charge is 0.325 e. The van der Waals surface area contributed by atoms with E-state index in [-0.39, 0.29) is 11.9 Å². The molecule has 0 bridgehead atoms. The van der Waals surface area contributed by atoms with E-state index < -0.39 is 14.6 Å². The number of sulfone groups is 1. The van der Waals surface area contributed by atoms with Crippen LogP contribution in [-0.2, 0) is 9.84 Å². The highest BCUT2D eigenvalue weighted by Gasteiger charge is 2.60. The highest BCUT2D eigenvalue weighted by Crippen LogP contribution is 2.55. The molecule has 1 aromatic heterocycles. The second-order valence-electron chi connectivity index (χ2n) is 7.76. The third-order valence-corrected chi connectivity index (χ3v) is 8.97. The van der Waals surface area contributed by atoms with Crippen molar-refractivity contribution in [2.24, 2.45) is 5.92 Å². The molecule has 0 unspecified atom stereocenters. The number of aryl methyl sites for hydroxylation is 1. The summed E-state index contributed by atoms with van der Waals surface area (Å²) in [6.45, 7) is 3.01. The Balaban J connectivity index is 1.44. The molecule has 2 amide bonds. The number of carbonyl (C=O) groups excluding carboxylic acids is 1. The SMILES string of the molecule is Cc1ccccc1S(=O)(=O)C1(C2CCN(C(=O)Nc3ccncc3)CC2)CC1. The Labute approximate surface area is 165 Å². The normalized spacial score (nSPS) is 19.2. The first kappa shape index (κ1) is 18.9. The van der Waals surface area contributed by atoms with Gasteiger partial charge in [-0.1, -0.05) is 18.2 Å². The maximum absolute atomic E-state index is 13.4. The summed E-state index contributed by atoms with van der Waals surface area (Å²) in [6, 6.07) is 10.6. The topological polar surface area (TPSA) is 79.4 Å². The monoisotopic (exact) mass is 399 g/mol. The number of carbonyl (C=O) groups is 1. The summed E-state index contributed by atoms with van der Waals surface area (Å²) in [7, 11) is -3.37. The van der Waals surface area contributed by atoms with Gasteiger partial charge in [-0.25, -0.2) is 13.2 Å². The first-order valence-corrected chi connectivity index (χ1v) is 11.2. The van der Waals surface area contributed by atoms with Gasteiger partial charge < -0.3 is 10.2 Å². The molecule has 0 atom stereocenters. The van der Waals surface area contributed by atoms with Crippen molar-refractivity contribution in [1.82, 2.24) is 9.88 Å². The highest BCUT2D eigenvalue weighted by atomic mass is 32.2. The summed E-state index contributed by atoms with van der Waals surface area (Å²) in [5.74, 6) is 0.0991. The molecule has 0 spiro atoms. The van der Waals surface area contributed by atoms with Gasteiger partial charge in [0, 0.05) is 31.2 Å². The summed E-state index contributed by atoms with van der Waals surface area (Å²) in [5.41, 5.74) is 1.52. The van der Waals surface area contributed by atoms with Crippen LogP contribution in [0.4, 0.5) is 10.5 Å². The second-order valence-corrected chi connectivity index (χ2v) is 10.0. The molecule has 7 heteroatoms. The van der Waals surface area contributed by atoms with E-state index in [1.54, 1.807) is 41.6 Å². The van der Waals surface area contributed by atoms with Crippen LogP contribution in [0, 0.1) is 12.8 Å². The zero-order chi connectivity index (χ0) is 19.8. The number of nitrogens with one attached hydrogen (secondary N) is 1. The van der Waals surface area contributed by atoms with E-state index in [1.165, 1.54) is 0 Å². The fourth-order valence-corrected chi connectivity index (χ4v) is 6.84. The molecule has 0 radical (unpaired) electrons. The Morgan fingerprint density at radius 1 is 1.11 bits per heavy atom. The van der Waals surface area contributed by atoms with Crippen molar-refractivity contribution in [1.29, 1.82) is 0 Å². The van der Waals surface area contributed by atoms with Crippen LogP contribution in [-0.4, -0.2) is 42.2 Å². The van der Waals surface area contributed by atoms with Crippen LogP contribution in [0.15, 0.2) is 53.7 Å². The van der Waals surface area contributed by atoms with Gasteiger partial charge in [-0.2, -0.15) is 0 Å². The van der Waals surface area contributed by atoms with E-state index in [2.05, 4.69) is 10.3 Å². The van der Waals surface area contributed by atoms with Gasteiger partial charge in [0.05, 0.1) is 9.64 Å². The van der Waals surface area contributed by atoms with Crippen LogP contribution in [0.25, 0.3) is 0 Å². The van der Waals surface area contributed by atoms with Crippen LogP contribution < -0.4 is 5.32 Å². The molecule has 1 aromatic carbocycles. The van der Waals surface area contributed by atoms with Gasteiger partial charge in [-0.05, 0) is 62.3 Å². The molecule has 1 N–H and O–H groups in total. The minimum Gasteiger partial charge on any atom is -0.325 e. The molecule has 2 aromatic rings. The smallest absolute Gasteiger partial charge is 0.321 e. The number of nitrogens with zero attached hydrogens (tertiary/aromatic N) is 2.